The first kappa shape index (κ1) is 21.2. The molecule has 11 heteroatoms. The molecule has 3 heterocycles. The number of carbonyl (C=O) groups is 3. The van der Waals surface area contributed by atoms with Crippen LogP contribution in [0.1, 0.15) is 17.2 Å². The van der Waals surface area contributed by atoms with Gasteiger partial charge in [-0.3, -0.25) is 24.0 Å². The molecule has 0 bridgehead atoms. The first-order chi connectivity index (χ1) is 15.8. The Labute approximate surface area is 191 Å². The molecule has 170 valence electrons. The molecule has 1 saturated heterocycles. The summed E-state index contributed by atoms with van der Waals surface area (Å²) in [5, 5.41) is 10.2. The number of carboxylic acids is 1. The molecular weight excluding hydrogens is 454 g/mol. The van der Waals surface area contributed by atoms with E-state index in [2.05, 4.69) is 0 Å². The molecule has 10 nitrogen and oxygen atoms in total. The molecule has 1 N–H and O–H groups in total. The Bertz CT molecular complexity index is 1380. The zero-order valence-corrected chi connectivity index (χ0v) is 18.1. The van der Waals surface area contributed by atoms with E-state index in [1.165, 1.54) is 15.5 Å². The van der Waals surface area contributed by atoms with Gasteiger partial charge in [-0.2, -0.15) is 0 Å². The molecule has 2 unspecified atom stereocenters. The number of aromatic nitrogens is 1. The summed E-state index contributed by atoms with van der Waals surface area (Å²) in [6, 6.07) is 8.24. The number of carboxylic acid groups (broad SMARTS) is 1. The van der Waals surface area contributed by atoms with Crippen molar-refractivity contribution in [1.82, 2.24) is 9.47 Å². The van der Waals surface area contributed by atoms with Crippen LogP contribution in [0.25, 0.3) is 11.1 Å². The average molecular weight is 472 g/mol. The summed E-state index contributed by atoms with van der Waals surface area (Å²) in [7, 11) is 1.55. The first-order valence-electron chi connectivity index (χ1n) is 10.1. The number of halogens is 1. The molecule has 1 aromatic heterocycles. The molecule has 0 saturated carbocycles. The monoisotopic (exact) mass is 471 g/mol. The van der Waals surface area contributed by atoms with E-state index in [-0.39, 0.29) is 25.3 Å². The molecule has 2 atom stereocenters. The van der Waals surface area contributed by atoms with E-state index in [1.54, 1.807) is 37.4 Å². The molecule has 0 aliphatic carbocycles. The van der Waals surface area contributed by atoms with Crippen LogP contribution in [-0.2, 0) is 28.0 Å². The number of urea groups is 1. The number of amides is 3. The molecule has 2 aromatic carbocycles. The molecule has 3 amide bonds. The second kappa shape index (κ2) is 7.75. The largest absolute Gasteiger partial charge is 0.481 e. The van der Waals surface area contributed by atoms with Gasteiger partial charge in [0.05, 0.1) is 31.3 Å². The number of nitrogens with zero attached hydrogens (tertiary/aromatic N) is 3. The van der Waals surface area contributed by atoms with Gasteiger partial charge in [0.15, 0.2) is 11.5 Å². The highest BCUT2D eigenvalue weighted by Crippen LogP contribution is 2.37. The highest BCUT2D eigenvalue weighted by Gasteiger charge is 2.47. The van der Waals surface area contributed by atoms with Crippen molar-refractivity contribution in [3.05, 3.63) is 63.1 Å². The van der Waals surface area contributed by atoms with Gasteiger partial charge in [-0.15, -0.1) is 0 Å². The Morgan fingerprint density at radius 3 is 2.73 bits per heavy atom. The van der Waals surface area contributed by atoms with Crippen molar-refractivity contribution in [2.45, 2.75) is 12.6 Å². The Hall–Kier alpha value is -3.63. The van der Waals surface area contributed by atoms with Crippen LogP contribution in [-0.4, -0.2) is 45.6 Å². The van der Waals surface area contributed by atoms with Crippen LogP contribution in [0.15, 0.2) is 45.6 Å². The van der Waals surface area contributed by atoms with Crippen molar-refractivity contribution in [2.75, 3.05) is 18.1 Å². The average Bonchev–Trinajstić information content (AvgIpc) is 3.07. The number of rotatable bonds is 3. The number of imide groups is 1. The topological polar surface area (TPSA) is 122 Å². The number of aliphatic carboxylic acids is 1. The van der Waals surface area contributed by atoms with Gasteiger partial charge in [-0.25, -0.2) is 9.59 Å². The predicted molar refractivity (Wildman–Crippen MR) is 116 cm³/mol. The second-order valence-electron chi connectivity index (χ2n) is 7.91. The molecule has 1 fully saturated rings. The summed E-state index contributed by atoms with van der Waals surface area (Å²) in [6.45, 7) is -0.128. The predicted octanol–water partition coefficient (Wildman–Crippen LogP) is 2.53. The summed E-state index contributed by atoms with van der Waals surface area (Å²) in [6.07, 6.45) is 0. The standard InChI is InChI=1S/C22H18ClN3O7/c1-24-16-6-5-11(7-18(16)33-22(24)31)25-8-13(20(28)29)19(27)26(21(25)30)17-10-32-9-14-12(17)3-2-4-15(14)23/h2-7,13,17H,8-10H2,1H3,(H,28,29). The molecule has 0 spiro atoms. The molecule has 5 rings (SSSR count). The van der Waals surface area contributed by atoms with Gasteiger partial charge in [0, 0.05) is 29.4 Å². The smallest absolute Gasteiger partial charge is 0.419 e. The van der Waals surface area contributed by atoms with E-state index in [1.807, 2.05) is 0 Å². The summed E-state index contributed by atoms with van der Waals surface area (Å²) in [4.78, 5) is 52.6. The minimum absolute atomic E-state index is 0.0115. The van der Waals surface area contributed by atoms with Gasteiger partial charge >= 0.3 is 17.8 Å². The van der Waals surface area contributed by atoms with Crippen molar-refractivity contribution in [1.29, 1.82) is 0 Å². The molecule has 2 aliphatic heterocycles. The van der Waals surface area contributed by atoms with Crippen LogP contribution in [0.3, 0.4) is 0 Å². The quantitative estimate of drug-likeness (QED) is 0.582. The lowest BCUT2D eigenvalue weighted by molar-refractivity contribution is -0.151. The van der Waals surface area contributed by atoms with E-state index < -0.39 is 35.6 Å². The number of benzene rings is 2. The third kappa shape index (κ3) is 3.30. The lowest BCUT2D eigenvalue weighted by Gasteiger charge is -2.42. The lowest BCUT2D eigenvalue weighted by atomic mass is 9.95. The number of fused-ring (bicyclic) bond motifs is 2. The van der Waals surface area contributed by atoms with Crippen LogP contribution in [0.2, 0.25) is 5.02 Å². The van der Waals surface area contributed by atoms with Crippen molar-refractivity contribution in [3.63, 3.8) is 0 Å². The van der Waals surface area contributed by atoms with Gasteiger partial charge in [0.2, 0.25) is 5.91 Å². The Kier molecular flexibility index (Phi) is 4.98. The van der Waals surface area contributed by atoms with Crippen LogP contribution < -0.4 is 10.7 Å². The number of hydrogen-bond acceptors (Lipinski definition) is 6. The number of ether oxygens (including phenoxy) is 1. The minimum Gasteiger partial charge on any atom is -0.481 e. The summed E-state index contributed by atoms with van der Waals surface area (Å²) in [5.41, 5.74) is 2.33. The summed E-state index contributed by atoms with van der Waals surface area (Å²) < 4.78 is 12.1. The van der Waals surface area contributed by atoms with E-state index in [0.717, 1.165) is 4.90 Å². The number of hydrogen-bond donors (Lipinski definition) is 1. The Morgan fingerprint density at radius 1 is 1.18 bits per heavy atom. The van der Waals surface area contributed by atoms with E-state index in [0.29, 0.717) is 27.4 Å². The fourth-order valence-electron chi connectivity index (χ4n) is 4.32. The fourth-order valence-corrected chi connectivity index (χ4v) is 4.56. The summed E-state index contributed by atoms with van der Waals surface area (Å²) in [5.74, 6) is -4.22. The zero-order chi connectivity index (χ0) is 23.4. The summed E-state index contributed by atoms with van der Waals surface area (Å²) >= 11 is 6.28. The minimum atomic E-state index is -1.48. The molecule has 2 aliphatic rings. The van der Waals surface area contributed by atoms with Crippen LogP contribution >= 0.6 is 11.6 Å². The van der Waals surface area contributed by atoms with Gasteiger partial charge < -0.3 is 14.3 Å². The SMILES string of the molecule is Cn1c(=O)oc2cc(N3CC(C(=O)O)C(=O)N(C4COCc5c(Cl)cccc54)C3=O)ccc21. The Balaban J connectivity index is 1.60. The molecule has 3 aromatic rings. The number of anilines is 1. The van der Waals surface area contributed by atoms with Gasteiger partial charge in [0.1, 0.15) is 0 Å². The van der Waals surface area contributed by atoms with E-state index >= 15 is 0 Å². The van der Waals surface area contributed by atoms with E-state index in [9.17, 15) is 24.3 Å². The van der Waals surface area contributed by atoms with Gasteiger partial charge in [0.25, 0.3) is 0 Å². The molecular formula is C22H18ClN3O7. The van der Waals surface area contributed by atoms with Crippen molar-refractivity contribution >= 4 is 46.3 Å². The number of carbonyl (C=O) groups excluding carboxylic acids is 2. The van der Waals surface area contributed by atoms with Crippen molar-refractivity contribution < 1.29 is 28.6 Å². The molecule has 0 radical (unpaired) electrons. The third-order valence-corrected chi connectivity index (χ3v) is 6.43. The van der Waals surface area contributed by atoms with E-state index in [4.69, 9.17) is 20.8 Å². The van der Waals surface area contributed by atoms with Gasteiger partial charge in [-0.1, -0.05) is 23.7 Å². The maximum absolute atomic E-state index is 13.6. The van der Waals surface area contributed by atoms with Crippen LogP contribution in [0.4, 0.5) is 10.5 Å². The highest BCUT2D eigenvalue weighted by molar-refractivity contribution is 6.31. The number of oxazole rings is 1. The lowest BCUT2D eigenvalue weighted by Crippen LogP contribution is -2.60. The Morgan fingerprint density at radius 2 is 1.97 bits per heavy atom. The first-order valence-corrected chi connectivity index (χ1v) is 10.5. The van der Waals surface area contributed by atoms with Crippen LogP contribution in [0.5, 0.6) is 0 Å². The number of aryl methyl sites for hydroxylation is 1. The normalized spacial score (nSPS) is 20.9. The van der Waals surface area contributed by atoms with Crippen molar-refractivity contribution in [3.8, 4) is 0 Å². The third-order valence-electron chi connectivity index (χ3n) is 6.07. The zero-order valence-electron chi connectivity index (χ0n) is 17.4. The van der Waals surface area contributed by atoms with Gasteiger partial charge in [-0.05, 0) is 23.8 Å². The fraction of sp³-hybridized carbons (Fsp3) is 0.273. The molecule has 33 heavy (non-hydrogen) atoms. The van der Waals surface area contributed by atoms with Crippen molar-refractivity contribution in [2.24, 2.45) is 13.0 Å². The maximum atomic E-state index is 13.6. The second-order valence-corrected chi connectivity index (χ2v) is 8.32. The highest BCUT2D eigenvalue weighted by atomic mass is 35.5. The maximum Gasteiger partial charge on any atom is 0.419 e. The van der Waals surface area contributed by atoms with Crippen LogP contribution in [0, 0.1) is 5.92 Å².